The van der Waals surface area contributed by atoms with Crippen LogP contribution in [0.2, 0.25) is 0 Å². The van der Waals surface area contributed by atoms with E-state index in [0.29, 0.717) is 0 Å². The summed E-state index contributed by atoms with van der Waals surface area (Å²) in [5.41, 5.74) is 1.28. The summed E-state index contributed by atoms with van der Waals surface area (Å²) < 4.78 is 1.86. The average molecular weight is 276 g/mol. The lowest BCUT2D eigenvalue weighted by Gasteiger charge is -2.22. The van der Waals surface area contributed by atoms with Crippen molar-refractivity contribution in [1.29, 1.82) is 0 Å². The molecular weight excluding hydrogens is 252 g/mol. The Morgan fingerprint density at radius 2 is 1.85 bits per heavy atom. The molecule has 0 N–H and O–H groups in total. The van der Waals surface area contributed by atoms with E-state index in [1.54, 1.807) is 11.0 Å². The van der Waals surface area contributed by atoms with Gasteiger partial charge in [0.15, 0.2) is 0 Å². The third kappa shape index (κ3) is 4.43. The molecule has 0 bridgehead atoms. The second kappa shape index (κ2) is 5.34. The van der Waals surface area contributed by atoms with Gasteiger partial charge in [0.05, 0.1) is 24.6 Å². The van der Waals surface area contributed by atoms with E-state index in [9.17, 15) is 0 Å². The Hall–Kier alpha value is -1.72. The van der Waals surface area contributed by atoms with Crippen LogP contribution in [0.5, 0.6) is 0 Å². The second-order valence-corrected chi connectivity index (χ2v) is 7.37. The van der Waals surface area contributed by atoms with Gasteiger partial charge in [0.25, 0.3) is 0 Å². The lowest BCUT2D eigenvalue weighted by Crippen LogP contribution is -2.23. The van der Waals surface area contributed by atoms with Crippen LogP contribution in [0.4, 0.5) is 0 Å². The third-order valence-electron chi connectivity index (χ3n) is 2.92. The van der Waals surface area contributed by atoms with Gasteiger partial charge in [-0.1, -0.05) is 39.8 Å². The summed E-state index contributed by atoms with van der Waals surface area (Å²) in [4.78, 5) is 1.79. The van der Waals surface area contributed by atoms with Gasteiger partial charge < -0.3 is 0 Å². The standard InChI is InChI=1S/C14H24N6/c1-13(2,3)10-20-16-9-12(17-20)8-14(4,5)11-19-7-6-15-18-19/h6-7,9H,8,10-11H2,1-5H3. The zero-order chi connectivity index (χ0) is 14.8. The Bertz CT molecular complexity index is 532. The molecule has 0 aliphatic heterocycles. The Morgan fingerprint density at radius 3 is 2.45 bits per heavy atom. The number of hydrogen-bond donors (Lipinski definition) is 0. The highest BCUT2D eigenvalue weighted by atomic mass is 15.5. The maximum atomic E-state index is 4.57. The normalized spacial score (nSPS) is 12.8. The number of rotatable bonds is 5. The van der Waals surface area contributed by atoms with Crippen molar-refractivity contribution in [2.45, 2.75) is 54.1 Å². The van der Waals surface area contributed by atoms with Crippen molar-refractivity contribution in [1.82, 2.24) is 30.0 Å². The lowest BCUT2D eigenvalue weighted by molar-refractivity contribution is 0.277. The number of aromatic nitrogens is 6. The van der Waals surface area contributed by atoms with Crippen molar-refractivity contribution in [3.8, 4) is 0 Å². The van der Waals surface area contributed by atoms with Gasteiger partial charge in [-0.25, -0.2) is 0 Å². The Balaban J connectivity index is 1.98. The summed E-state index contributed by atoms with van der Waals surface area (Å²) >= 11 is 0. The quantitative estimate of drug-likeness (QED) is 0.840. The zero-order valence-corrected chi connectivity index (χ0v) is 13.0. The first-order valence-electron chi connectivity index (χ1n) is 6.97. The SMILES string of the molecule is CC(C)(C)Cn1ncc(CC(C)(C)Cn2ccnn2)n1. The Kier molecular flexibility index (Phi) is 3.92. The molecule has 2 aromatic rings. The molecule has 0 atom stereocenters. The fourth-order valence-electron chi connectivity index (χ4n) is 2.22. The monoisotopic (exact) mass is 276 g/mol. The van der Waals surface area contributed by atoms with E-state index in [0.717, 1.165) is 25.2 Å². The van der Waals surface area contributed by atoms with Crippen LogP contribution in [0.25, 0.3) is 0 Å². The lowest BCUT2D eigenvalue weighted by atomic mass is 9.88. The van der Waals surface area contributed by atoms with Crippen LogP contribution in [0, 0.1) is 10.8 Å². The first-order chi connectivity index (χ1) is 9.23. The molecule has 2 aromatic heterocycles. The number of nitrogens with zero attached hydrogens (tertiary/aromatic N) is 6. The van der Waals surface area contributed by atoms with Gasteiger partial charge in [0.2, 0.25) is 0 Å². The van der Waals surface area contributed by atoms with Crippen LogP contribution < -0.4 is 0 Å². The van der Waals surface area contributed by atoms with E-state index in [2.05, 4.69) is 55.1 Å². The van der Waals surface area contributed by atoms with E-state index in [-0.39, 0.29) is 10.8 Å². The molecule has 0 aliphatic carbocycles. The van der Waals surface area contributed by atoms with Gasteiger partial charge >= 0.3 is 0 Å². The highest BCUT2D eigenvalue weighted by Crippen LogP contribution is 2.23. The first-order valence-corrected chi connectivity index (χ1v) is 6.97. The van der Waals surface area contributed by atoms with Crippen molar-refractivity contribution < 1.29 is 0 Å². The molecule has 6 nitrogen and oxygen atoms in total. The van der Waals surface area contributed by atoms with E-state index < -0.39 is 0 Å². The van der Waals surface area contributed by atoms with Gasteiger partial charge in [-0.2, -0.15) is 15.0 Å². The van der Waals surface area contributed by atoms with Crippen LogP contribution in [0.3, 0.4) is 0 Å². The van der Waals surface area contributed by atoms with Gasteiger partial charge in [-0.05, 0) is 10.8 Å². The molecule has 2 heterocycles. The van der Waals surface area contributed by atoms with Gasteiger partial charge in [0.1, 0.15) is 0 Å². The van der Waals surface area contributed by atoms with Gasteiger partial charge in [-0.15, -0.1) is 5.10 Å². The molecule has 0 saturated heterocycles. The summed E-state index contributed by atoms with van der Waals surface area (Å²) in [5.74, 6) is 0. The summed E-state index contributed by atoms with van der Waals surface area (Å²) in [6.45, 7) is 12.6. The molecule has 2 rings (SSSR count). The van der Waals surface area contributed by atoms with Crippen molar-refractivity contribution in [2.24, 2.45) is 10.8 Å². The molecule has 110 valence electrons. The fourth-order valence-corrected chi connectivity index (χ4v) is 2.22. The molecule has 0 fully saturated rings. The Morgan fingerprint density at radius 1 is 1.10 bits per heavy atom. The van der Waals surface area contributed by atoms with E-state index in [1.807, 2.05) is 17.1 Å². The van der Waals surface area contributed by atoms with Crippen LogP contribution in [-0.2, 0) is 19.5 Å². The summed E-state index contributed by atoms with van der Waals surface area (Å²) in [6.07, 6.45) is 6.33. The van der Waals surface area contributed by atoms with Crippen LogP contribution in [0.15, 0.2) is 18.6 Å². The molecule has 0 amide bonds. The second-order valence-electron chi connectivity index (χ2n) is 7.37. The fraction of sp³-hybridized carbons (Fsp3) is 0.714. The molecule has 0 unspecified atom stereocenters. The molecule has 0 radical (unpaired) electrons. The predicted molar refractivity (Wildman–Crippen MR) is 77.0 cm³/mol. The molecule has 0 saturated carbocycles. The number of hydrogen-bond acceptors (Lipinski definition) is 4. The predicted octanol–water partition coefficient (Wildman–Crippen LogP) is 2.18. The minimum absolute atomic E-state index is 0.0658. The Labute approximate surface area is 120 Å². The van der Waals surface area contributed by atoms with Crippen LogP contribution in [-0.4, -0.2) is 30.0 Å². The van der Waals surface area contributed by atoms with Gasteiger partial charge in [0, 0.05) is 19.2 Å². The molecule has 6 heteroatoms. The maximum Gasteiger partial charge on any atom is 0.0833 e. The smallest absolute Gasteiger partial charge is 0.0833 e. The molecule has 0 aromatic carbocycles. The van der Waals surface area contributed by atoms with Crippen molar-refractivity contribution in [2.75, 3.05) is 0 Å². The van der Waals surface area contributed by atoms with E-state index >= 15 is 0 Å². The van der Waals surface area contributed by atoms with Gasteiger partial charge in [-0.3, -0.25) is 4.68 Å². The minimum Gasteiger partial charge on any atom is -0.252 e. The molecular formula is C14H24N6. The summed E-state index contributed by atoms with van der Waals surface area (Å²) in [7, 11) is 0. The van der Waals surface area contributed by atoms with E-state index in [1.165, 1.54) is 0 Å². The molecule has 20 heavy (non-hydrogen) atoms. The average Bonchev–Trinajstić information content (AvgIpc) is 2.87. The molecule has 0 spiro atoms. The first kappa shape index (κ1) is 14.7. The van der Waals surface area contributed by atoms with Crippen molar-refractivity contribution >= 4 is 0 Å². The van der Waals surface area contributed by atoms with Crippen molar-refractivity contribution in [3.05, 3.63) is 24.3 Å². The highest BCUT2D eigenvalue weighted by molar-refractivity contribution is 4.96. The summed E-state index contributed by atoms with van der Waals surface area (Å²) in [5, 5.41) is 16.8. The topological polar surface area (TPSA) is 61.4 Å². The zero-order valence-electron chi connectivity index (χ0n) is 13.0. The molecule has 0 aliphatic rings. The van der Waals surface area contributed by atoms with Crippen LogP contribution >= 0.6 is 0 Å². The largest absolute Gasteiger partial charge is 0.252 e. The van der Waals surface area contributed by atoms with Crippen LogP contribution in [0.1, 0.15) is 40.3 Å². The minimum atomic E-state index is 0.0658. The third-order valence-corrected chi connectivity index (χ3v) is 2.92. The van der Waals surface area contributed by atoms with E-state index in [4.69, 9.17) is 0 Å². The highest BCUT2D eigenvalue weighted by Gasteiger charge is 2.22. The summed E-state index contributed by atoms with van der Waals surface area (Å²) in [6, 6.07) is 0. The maximum absolute atomic E-state index is 4.57. The van der Waals surface area contributed by atoms with Crippen molar-refractivity contribution in [3.63, 3.8) is 0 Å².